The predicted octanol–water partition coefficient (Wildman–Crippen LogP) is 7.70. The number of halogens is 2. The van der Waals surface area contributed by atoms with Crippen LogP contribution in [-0.4, -0.2) is 57.0 Å². The van der Waals surface area contributed by atoms with Crippen LogP contribution in [0.1, 0.15) is 48.9 Å². The van der Waals surface area contributed by atoms with E-state index < -0.39 is 10.8 Å². The van der Waals surface area contributed by atoms with Gasteiger partial charge in [0.05, 0.1) is 25.0 Å². The van der Waals surface area contributed by atoms with Crippen LogP contribution < -0.4 is 0 Å². The molecule has 2 aliphatic rings. The number of nitrogens with one attached hydrogen (secondary N) is 1. The molecule has 6 rings (SSSR count). The van der Waals surface area contributed by atoms with E-state index in [0.717, 1.165) is 37.0 Å². The van der Waals surface area contributed by atoms with E-state index in [0.29, 0.717) is 44.1 Å². The number of piperidine rings is 1. The van der Waals surface area contributed by atoms with Gasteiger partial charge in [-0.05, 0) is 68.7 Å². The van der Waals surface area contributed by atoms with Crippen molar-refractivity contribution in [3.05, 3.63) is 99.1 Å². The summed E-state index contributed by atoms with van der Waals surface area (Å²) in [4.78, 5) is 49.8. The Labute approximate surface area is 280 Å². The van der Waals surface area contributed by atoms with Crippen molar-refractivity contribution in [1.82, 2.24) is 14.8 Å². The molecule has 2 saturated heterocycles. The first kappa shape index (κ1) is 31.7. The number of hydrogen-bond donors (Lipinski definition) is 1. The van der Waals surface area contributed by atoms with Gasteiger partial charge in [-0.2, -0.15) is 0 Å². The summed E-state index contributed by atoms with van der Waals surface area (Å²) in [6, 6.07) is 21.1. The lowest BCUT2D eigenvalue weighted by Gasteiger charge is -2.41. The van der Waals surface area contributed by atoms with Crippen LogP contribution in [0.4, 0.5) is 0 Å². The maximum Gasteiger partial charge on any atom is 0.309 e. The highest BCUT2D eigenvalue weighted by Crippen LogP contribution is 2.55. The number of carbonyl (C=O) groups is 3. The Morgan fingerprint density at radius 2 is 1.78 bits per heavy atom. The number of aromatic nitrogens is 1. The monoisotopic (exact) mass is 707 g/mol. The van der Waals surface area contributed by atoms with Crippen LogP contribution >= 0.6 is 39.3 Å². The van der Waals surface area contributed by atoms with Gasteiger partial charge in [0.1, 0.15) is 4.75 Å². The average molecular weight is 709 g/mol. The van der Waals surface area contributed by atoms with E-state index in [9.17, 15) is 9.59 Å². The van der Waals surface area contributed by atoms with Gasteiger partial charge in [0, 0.05) is 56.7 Å². The van der Waals surface area contributed by atoms with Gasteiger partial charge in [0.25, 0.3) is 0 Å². The highest BCUT2D eigenvalue weighted by atomic mass is 79.9. The topological polar surface area (TPSA) is 82.7 Å². The number of benzene rings is 3. The minimum Gasteiger partial charge on any atom is -0.466 e. The molecule has 0 spiro atoms. The Morgan fingerprint density at radius 1 is 1.07 bits per heavy atom. The minimum absolute atomic E-state index is 0.0453. The molecule has 45 heavy (non-hydrogen) atoms. The molecule has 4 aromatic rings. The van der Waals surface area contributed by atoms with Crippen molar-refractivity contribution >= 4 is 68.0 Å². The summed E-state index contributed by atoms with van der Waals surface area (Å²) in [5.41, 5.74) is 3.81. The number of hydrogen-bond acceptors (Lipinski definition) is 5. The number of likely N-dealkylation sites (tertiary alicyclic amines) is 2. The first-order valence-electron chi connectivity index (χ1n) is 15.2. The minimum atomic E-state index is -1.16. The first-order valence-corrected chi connectivity index (χ1v) is 17.2. The number of amides is 2. The third-order valence-corrected chi connectivity index (χ3v) is 11.0. The number of nitrogens with zero attached hydrogens (tertiary/aromatic N) is 2. The molecule has 0 aliphatic carbocycles. The quantitative estimate of drug-likeness (QED) is 0.190. The Morgan fingerprint density at radius 3 is 2.47 bits per heavy atom. The molecule has 234 valence electrons. The molecule has 1 aromatic heterocycles. The van der Waals surface area contributed by atoms with Crippen molar-refractivity contribution in [2.45, 2.75) is 55.3 Å². The number of aryl methyl sites for hydroxylation is 1. The Bertz CT molecular complexity index is 1720. The number of rotatable bonds is 8. The summed E-state index contributed by atoms with van der Waals surface area (Å²) < 4.78 is 5.07. The van der Waals surface area contributed by atoms with Crippen molar-refractivity contribution in [2.75, 3.05) is 19.7 Å². The summed E-state index contributed by atoms with van der Waals surface area (Å²) in [6.07, 6.45) is 3.03. The largest absolute Gasteiger partial charge is 0.466 e. The highest BCUT2D eigenvalue weighted by Gasteiger charge is 2.60. The van der Waals surface area contributed by atoms with Gasteiger partial charge in [-0.3, -0.25) is 14.4 Å². The number of ether oxygens (including phenoxy) is 1. The van der Waals surface area contributed by atoms with Crippen LogP contribution in [0.2, 0.25) is 5.02 Å². The smallest absolute Gasteiger partial charge is 0.309 e. The van der Waals surface area contributed by atoms with Crippen molar-refractivity contribution < 1.29 is 19.1 Å². The number of thioether (sulfide) groups is 1. The van der Waals surface area contributed by atoms with Crippen LogP contribution in [-0.2, 0) is 25.7 Å². The maximum atomic E-state index is 15.1. The Balaban J connectivity index is 1.46. The molecule has 0 saturated carbocycles. The number of fused-ring (bicyclic) bond motifs is 1. The zero-order valence-electron chi connectivity index (χ0n) is 25.2. The molecular formula is C35H35BrClN3O4S. The molecule has 3 heterocycles. The fourth-order valence-corrected chi connectivity index (χ4v) is 8.45. The van der Waals surface area contributed by atoms with Gasteiger partial charge >= 0.3 is 5.97 Å². The molecule has 10 heteroatoms. The number of aromatic amines is 1. The van der Waals surface area contributed by atoms with Gasteiger partial charge in [0.2, 0.25) is 11.8 Å². The molecular weight excluding hydrogens is 674 g/mol. The lowest BCUT2D eigenvalue weighted by atomic mass is 9.89. The fraction of sp³-hybridized carbons (Fsp3) is 0.343. The standard InChI is InChI=1S/C35H35BrClN3O4S/c1-3-44-33(42)24-14-16-39(17-15-24)34(43)35(45-27-11-4-22(2)5-12-27)19-31(41)40(21-23-6-8-25(36)9-7-23)32(35)29-20-38-30-18-26(37)10-13-28(29)30/h4-13,18,20,24,32,38H,3,14-17,19,21H2,1-2H3. The van der Waals surface area contributed by atoms with Crippen molar-refractivity contribution in [2.24, 2.45) is 5.92 Å². The lowest BCUT2D eigenvalue weighted by molar-refractivity contribution is -0.151. The van der Waals surface area contributed by atoms with E-state index in [1.165, 1.54) is 11.8 Å². The SMILES string of the molecule is CCOC(=O)C1CCN(C(=O)C2(Sc3ccc(C)cc3)CC(=O)N(Cc3ccc(Br)cc3)C2c2c[nH]c3cc(Cl)ccc23)CC1. The summed E-state index contributed by atoms with van der Waals surface area (Å²) in [5, 5.41) is 1.52. The predicted molar refractivity (Wildman–Crippen MR) is 181 cm³/mol. The average Bonchev–Trinajstić information content (AvgIpc) is 3.56. The third kappa shape index (κ3) is 6.40. The van der Waals surface area contributed by atoms with Crippen molar-refractivity contribution in [1.29, 1.82) is 0 Å². The lowest BCUT2D eigenvalue weighted by Crippen LogP contribution is -2.52. The second-order valence-electron chi connectivity index (χ2n) is 11.8. The van der Waals surface area contributed by atoms with Crippen LogP contribution in [0, 0.1) is 12.8 Å². The van der Waals surface area contributed by atoms with Crippen LogP contribution in [0.25, 0.3) is 10.9 Å². The number of H-pyrrole nitrogens is 1. The summed E-state index contributed by atoms with van der Waals surface area (Å²) in [5.74, 6) is -0.612. The van der Waals surface area contributed by atoms with Gasteiger partial charge in [0.15, 0.2) is 0 Å². The summed E-state index contributed by atoms with van der Waals surface area (Å²) in [7, 11) is 0. The number of esters is 1. The second-order valence-corrected chi connectivity index (χ2v) is 14.5. The number of carbonyl (C=O) groups excluding carboxylic acids is 3. The van der Waals surface area contributed by atoms with Gasteiger partial charge in [-0.1, -0.05) is 63.4 Å². The Hall–Kier alpha value is -3.27. The molecule has 7 nitrogen and oxygen atoms in total. The molecule has 1 N–H and O–H groups in total. The van der Waals surface area contributed by atoms with Crippen LogP contribution in [0.5, 0.6) is 0 Å². The Kier molecular flexibility index (Phi) is 9.32. The van der Waals surface area contributed by atoms with Gasteiger partial charge in [-0.25, -0.2) is 0 Å². The molecule has 0 bridgehead atoms. The zero-order valence-corrected chi connectivity index (χ0v) is 28.4. The maximum absolute atomic E-state index is 15.1. The first-order chi connectivity index (χ1) is 21.7. The highest BCUT2D eigenvalue weighted by molar-refractivity contribution is 9.10. The normalized spacial score (nSPS) is 20.6. The van der Waals surface area contributed by atoms with E-state index in [1.54, 1.807) is 6.92 Å². The van der Waals surface area contributed by atoms with Crippen molar-refractivity contribution in [3.63, 3.8) is 0 Å². The zero-order chi connectivity index (χ0) is 31.7. The second kappa shape index (κ2) is 13.2. The van der Waals surface area contributed by atoms with Gasteiger partial charge in [-0.15, -0.1) is 11.8 Å². The van der Waals surface area contributed by atoms with Gasteiger partial charge < -0.3 is 19.5 Å². The van der Waals surface area contributed by atoms with E-state index in [-0.39, 0.29) is 30.1 Å². The molecule has 2 amide bonds. The molecule has 2 unspecified atom stereocenters. The van der Waals surface area contributed by atoms with Crippen molar-refractivity contribution in [3.8, 4) is 0 Å². The molecule has 0 radical (unpaired) electrons. The van der Waals surface area contributed by atoms with E-state index in [2.05, 4.69) is 20.9 Å². The summed E-state index contributed by atoms with van der Waals surface area (Å²) >= 11 is 11.3. The molecule has 3 aromatic carbocycles. The van der Waals surface area contributed by atoms with E-state index in [1.807, 2.05) is 89.7 Å². The van der Waals surface area contributed by atoms with Crippen LogP contribution in [0.15, 0.2) is 82.3 Å². The fourth-order valence-electron chi connectivity index (χ4n) is 6.54. The van der Waals surface area contributed by atoms with Crippen LogP contribution in [0.3, 0.4) is 0 Å². The van der Waals surface area contributed by atoms with E-state index in [4.69, 9.17) is 16.3 Å². The summed E-state index contributed by atoms with van der Waals surface area (Å²) in [6.45, 7) is 5.37. The molecule has 2 aliphatic heterocycles. The van der Waals surface area contributed by atoms with E-state index >= 15 is 4.79 Å². The third-order valence-electron chi connectivity index (χ3n) is 8.81. The molecule has 2 atom stereocenters. The molecule has 2 fully saturated rings.